The summed E-state index contributed by atoms with van der Waals surface area (Å²) in [7, 11) is 0. The monoisotopic (exact) mass is 324 g/mol. The van der Waals surface area contributed by atoms with Gasteiger partial charge in [-0.25, -0.2) is 0 Å². The molecule has 0 radical (unpaired) electrons. The van der Waals surface area contributed by atoms with Gasteiger partial charge in [-0.2, -0.15) is 0 Å². The Bertz CT molecular complexity index is 455. The fourth-order valence-electron chi connectivity index (χ4n) is 1.37. The van der Waals surface area contributed by atoms with Crippen LogP contribution in [-0.2, 0) is 0 Å². The van der Waals surface area contributed by atoms with E-state index in [9.17, 15) is 0 Å². The van der Waals surface area contributed by atoms with Gasteiger partial charge in [-0.05, 0) is 0 Å². The summed E-state index contributed by atoms with van der Waals surface area (Å²) in [4.78, 5) is 0. The quantitative estimate of drug-likeness (QED) is 0.762. The normalized spacial score (nSPS) is 10.8. The third-order valence-corrected chi connectivity index (χ3v) is 4.62. The molecule has 0 saturated heterocycles. The summed E-state index contributed by atoms with van der Waals surface area (Å²) in [6, 6.07) is 19.4. The first-order valence-corrected chi connectivity index (χ1v) is 7.80. The van der Waals surface area contributed by atoms with Crippen LogP contribution in [0.15, 0.2) is 58.7 Å². The average molecular weight is 322 g/mol. The van der Waals surface area contributed by atoms with Crippen molar-refractivity contribution in [3.8, 4) is 0 Å². The molecule has 0 aliphatic carbocycles. The molecule has 0 N–H and O–H groups in total. The molecule has 0 spiro atoms. The number of aryl methyl sites for hydroxylation is 1. The van der Waals surface area contributed by atoms with Crippen LogP contribution in [0.3, 0.4) is 0 Å². The number of rotatable bonds is 3. The molecule has 0 aliphatic rings. The Kier molecular flexibility index (Phi) is 4.22. The molecule has 2 aromatic rings. The van der Waals surface area contributed by atoms with E-state index in [0.29, 0.717) is 0 Å². The van der Waals surface area contributed by atoms with Crippen LogP contribution in [0.5, 0.6) is 0 Å². The van der Waals surface area contributed by atoms with Crippen LogP contribution in [0.25, 0.3) is 6.08 Å². The zero-order valence-corrected chi connectivity index (χ0v) is 11.6. The van der Waals surface area contributed by atoms with Crippen LogP contribution in [0.2, 0.25) is 0 Å². The second kappa shape index (κ2) is 5.89. The Morgan fingerprint density at radius 1 is 0.875 bits per heavy atom. The summed E-state index contributed by atoms with van der Waals surface area (Å²) in [6.45, 7) is 2.12. The van der Waals surface area contributed by atoms with E-state index in [1.54, 1.807) is 0 Å². The van der Waals surface area contributed by atoms with E-state index in [-0.39, 0.29) is 20.9 Å². The van der Waals surface area contributed by atoms with Gasteiger partial charge in [0.05, 0.1) is 0 Å². The molecule has 2 rings (SSSR count). The summed E-state index contributed by atoms with van der Waals surface area (Å²) < 4.78 is 3.82. The average Bonchev–Trinajstić information content (AvgIpc) is 2.33. The molecule has 0 heterocycles. The van der Waals surface area contributed by atoms with Gasteiger partial charge in [-0.15, -0.1) is 0 Å². The van der Waals surface area contributed by atoms with Gasteiger partial charge in [0, 0.05) is 0 Å². The number of benzene rings is 2. The van der Waals surface area contributed by atoms with Crippen molar-refractivity contribution in [1.29, 1.82) is 0 Å². The van der Waals surface area contributed by atoms with Gasteiger partial charge in [0.1, 0.15) is 0 Å². The van der Waals surface area contributed by atoms with Gasteiger partial charge in [-0.3, -0.25) is 0 Å². The SMILES string of the molecule is Cc1ccc(/C=C/[Te]c2ccccc2)cc1. The van der Waals surface area contributed by atoms with Crippen LogP contribution in [0, 0.1) is 6.92 Å². The predicted octanol–water partition coefficient (Wildman–Crippen LogP) is 3.00. The summed E-state index contributed by atoms with van der Waals surface area (Å²) in [5, 5.41) is 0. The van der Waals surface area contributed by atoms with Crippen LogP contribution in [0.1, 0.15) is 11.1 Å². The van der Waals surface area contributed by atoms with E-state index < -0.39 is 0 Å². The summed E-state index contributed by atoms with van der Waals surface area (Å²) in [6.07, 6.45) is 2.23. The molecule has 0 unspecified atom stereocenters. The van der Waals surface area contributed by atoms with E-state index in [2.05, 4.69) is 71.7 Å². The van der Waals surface area contributed by atoms with Gasteiger partial charge in [0.25, 0.3) is 0 Å². The second-order valence-corrected chi connectivity index (χ2v) is 6.44. The van der Waals surface area contributed by atoms with Gasteiger partial charge in [-0.1, -0.05) is 0 Å². The van der Waals surface area contributed by atoms with Gasteiger partial charge < -0.3 is 0 Å². The Morgan fingerprint density at radius 3 is 2.25 bits per heavy atom. The van der Waals surface area contributed by atoms with Crippen molar-refractivity contribution in [2.75, 3.05) is 0 Å². The first-order valence-electron chi connectivity index (χ1n) is 5.29. The van der Waals surface area contributed by atoms with Crippen LogP contribution >= 0.6 is 0 Å². The summed E-state index contributed by atoms with van der Waals surface area (Å²) >= 11 is -0.166. The molecule has 1 heteroatoms. The van der Waals surface area contributed by atoms with Crippen molar-refractivity contribution in [2.24, 2.45) is 0 Å². The first-order chi connectivity index (χ1) is 7.84. The molecule has 0 atom stereocenters. The molecule has 16 heavy (non-hydrogen) atoms. The van der Waals surface area contributed by atoms with Crippen molar-refractivity contribution in [2.45, 2.75) is 6.92 Å². The fourth-order valence-corrected chi connectivity index (χ4v) is 3.36. The van der Waals surface area contributed by atoms with E-state index in [1.807, 2.05) is 0 Å². The summed E-state index contributed by atoms with van der Waals surface area (Å²) in [5.74, 6) is 0. The zero-order valence-electron chi connectivity index (χ0n) is 9.26. The number of hydrogen-bond donors (Lipinski definition) is 0. The molecule has 0 aliphatic heterocycles. The van der Waals surface area contributed by atoms with Crippen molar-refractivity contribution in [3.63, 3.8) is 0 Å². The van der Waals surface area contributed by atoms with Gasteiger partial charge in [0.15, 0.2) is 0 Å². The van der Waals surface area contributed by atoms with Crippen molar-refractivity contribution >= 4 is 30.6 Å². The maximum atomic E-state index is 2.34. The minimum absolute atomic E-state index is 0.166. The molecule has 0 saturated carbocycles. The van der Waals surface area contributed by atoms with E-state index in [4.69, 9.17) is 0 Å². The Balaban J connectivity index is 1.98. The Labute approximate surface area is 107 Å². The molecule has 0 nitrogen and oxygen atoms in total. The number of hydrogen-bond acceptors (Lipinski definition) is 0. The van der Waals surface area contributed by atoms with Crippen LogP contribution < -0.4 is 3.61 Å². The van der Waals surface area contributed by atoms with Crippen molar-refractivity contribution in [1.82, 2.24) is 0 Å². The molecule has 0 amide bonds. The summed E-state index contributed by atoms with van der Waals surface area (Å²) in [5.41, 5.74) is 2.61. The van der Waals surface area contributed by atoms with Crippen LogP contribution in [0.4, 0.5) is 0 Å². The minimum atomic E-state index is -0.166. The van der Waals surface area contributed by atoms with Crippen LogP contribution in [-0.4, -0.2) is 20.9 Å². The topological polar surface area (TPSA) is 0 Å². The fraction of sp³-hybridized carbons (Fsp3) is 0.0667. The Morgan fingerprint density at radius 2 is 1.56 bits per heavy atom. The first kappa shape index (κ1) is 11.5. The van der Waals surface area contributed by atoms with Gasteiger partial charge in [0.2, 0.25) is 0 Å². The van der Waals surface area contributed by atoms with E-state index >= 15 is 0 Å². The van der Waals surface area contributed by atoms with Gasteiger partial charge >= 0.3 is 107 Å². The maximum absolute atomic E-state index is 2.34. The zero-order chi connectivity index (χ0) is 11.2. The van der Waals surface area contributed by atoms with Crippen molar-refractivity contribution < 1.29 is 0 Å². The van der Waals surface area contributed by atoms with E-state index in [1.165, 1.54) is 14.7 Å². The molecular formula is C15H14Te. The third-order valence-electron chi connectivity index (χ3n) is 2.29. The molecule has 0 bridgehead atoms. The molecule has 0 aromatic heterocycles. The molecule has 2 aromatic carbocycles. The molecule has 80 valence electrons. The predicted molar refractivity (Wildman–Crippen MR) is 72.0 cm³/mol. The van der Waals surface area contributed by atoms with Crippen molar-refractivity contribution in [3.05, 3.63) is 69.8 Å². The second-order valence-electron chi connectivity index (χ2n) is 3.64. The molecule has 0 fully saturated rings. The standard InChI is InChI=1S/C15H14Te/c1-13-7-9-14(10-8-13)11-12-16-15-5-3-2-4-6-15/h2-12H,1H3/b12-11+. The Hall–Kier alpha value is -1.03. The third kappa shape index (κ3) is 3.52. The molecular weight excluding hydrogens is 308 g/mol. The van der Waals surface area contributed by atoms with E-state index in [0.717, 1.165) is 0 Å².